The Morgan fingerprint density at radius 3 is 2.60 bits per heavy atom. The van der Waals surface area contributed by atoms with Crippen molar-refractivity contribution in [2.45, 2.75) is 58.1 Å². The Balaban J connectivity index is 1.28. The average Bonchev–Trinajstić information content (AvgIpc) is 3.39. The predicted molar refractivity (Wildman–Crippen MR) is 152 cm³/mol. The van der Waals surface area contributed by atoms with Gasteiger partial charge in [0.25, 0.3) is 5.91 Å². The number of aromatic nitrogens is 4. The lowest BCUT2D eigenvalue weighted by Crippen LogP contribution is -2.45. The van der Waals surface area contributed by atoms with Crippen molar-refractivity contribution < 1.29 is 23.1 Å². The zero-order valence-corrected chi connectivity index (χ0v) is 23.9. The zero-order valence-electron chi connectivity index (χ0n) is 23.9. The Hall–Kier alpha value is -4.25. The minimum absolute atomic E-state index is 0.221. The molecule has 0 spiro atoms. The van der Waals surface area contributed by atoms with Gasteiger partial charge in [-0.25, -0.2) is 8.78 Å². The molecule has 1 fully saturated rings. The number of esters is 1. The molecule has 0 atom stereocenters. The summed E-state index contributed by atoms with van der Waals surface area (Å²) in [6.45, 7) is 6.96. The summed E-state index contributed by atoms with van der Waals surface area (Å²) in [5.74, 6) is -2.45. The largest absolute Gasteiger partial charge is 0.450 e. The number of carbonyl (C=O) groups excluding carboxylic acids is 2. The molecule has 4 heterocycles. The van der Waals surface area contributed by atoms with Crippen LogP contribution >= 0.6 is 0 Å². The molecule has 42 heavy (non-hydrogen) atoms. The van der Waals surface area contributed by atoms with E-state index < -0.39 is 29.1 Å². The van der Waals surface area contributed by atoms with Gasteiger partial charge in [0.15, 0.2) is 17.2 Å². The van der Waals surface area contributed by atoms with Crippen LogP contribution in [0.3, 0.4) is 0 Å². The van der Waals surface area contributed by atoms with Gasteiger partial charge in [-0.1, -0.05) is 6.07 Å². The van der Waals surface area contributed by atoms with Crippen molar-refractivity contribution in [1.29, 1.82) is 0 Å². The maximum absolute atomic E-state index is 14.2. The summed E-state index contributed by atoms with van der Waals surface area (Å²) in [6.07, 6.45) is 7.76. The third kappa shape index (κ3) is 6.62. The highest BCUT2D eigenvalue weighted by Crippen LogP contribution is 2.32. The zero-order chi connectivity index (χ0) is 29.9. The first-order valence-electron chi connectivity index (χ1n) is 14.0. The lowest BCUT2D eigenvalue weighted by molar-refractivity contribution is -0.162. The van der Waals surface area contributed by atoms with Crippen LogP contribution < -0.4 is 5.32 Å². The van der Waals surface area contributed by atoms with Crippen LogP contribution in [0.4, 0.5) is 8.78 Å². The number of amides is 1. The second kappa shape index (κ2) is 12.3. The fourth-order valence-corrected chi connectivity index (χ4v) is 5.47. The number of halogens is 2. The second-order valence-corrected chi connectivity index (χ2v) is 11.1. The molecule has 1 aliphatic rings. The van der Waals surface area contributed by atoms with Gasteiger partial charge in [0.2, 0.25) is 0 Å². The van der Waals surface area contributed by atoms with Crippen LogP contribution in [0.1, 0.15) is 56.4 Å². The van der Waals surface area contributed by atoms with E-state index in [4.69, 9.17) is 4.74 Å². The minimum Gasteiger partial charge on any atom is -0.450 e. The van der Waals surface area contributed by atoms with Crippen LogP contribution in [0.2, 0.25) is 0 Å². The Morgan fingerprint density at radius 2 is 1.86 bits per heavy atom. The van der Waals surface area contributed by atoms with Crippen LogP contribution in [0.5, 0.6) is 0 Å². The summed E-state index contributed by atoms with van der Waals surface area (Å²) in [6, 6.07) is 9.73. The van der Waals surface area contributed by atoms with E-state index in [-0.39, 0.29) is 6.54 Å². The summed E-state index contributed by atoms with van der Waals surface area (Å²) in [7, 11) is 0. The van der Waals surface area contributed by atoms with Gasteiger partial charge in [-0.3, -0.25) is 19.5 Å². The molecule has 5 rings (SSSR count). The predicted octanol–water partition coefficient (Wildman–Crippen LogP) is 4.45. The highest BCUT2D eigenvalue weighted by Gasteiger charge is 2.30. The van der Waals surface area contributed by atoms with E-state index in [9.17, 15) is 18.4 Å². The monoisotopic (exact) mass is 576 g/mol. The lowest BCUT2D eigenvalue weighted by atomic mass is 9.90. The van der Waals surface area contributed by atoms with Gasteiger partial charge in [0, 0.05) is 55.6 Å². The van der Waals surface area contributed by atoms with Gasteiger partial charge in [-0.05, 0) is 87.2 Å². The van der Waals surface area contributed by atoms with Gasteiger partial charge < -0.3 is 10.1 Å². The molecule has 0 bridgehead atoms. The van der Waals surface area contributed by atoms with E-state index in [2.05, 4.69) is 25.4 Å². The standard InChI is InChI=1S/C31H34F2N6O3/c1-20(40)42-31(2,3)30(41)34-12-8-28-24(23-6-7-26(32)27(33)16-23)15-21(17-35-28)19-38-13-9-22(10-14-38)25-18-37-39-29(25)5-4-11-36-39/h4-7,11,15-18,22H,8-10,12-14,19H2,1-3H3,(H,34,41). The van der Waals surface area contributed by atoms with E-state index in [1.807, 2.05) is 24.4 Å². The first-order valence-corrected chi connectivity index (χ1v) is 14.0. The number of hydrogen-bond acceptors (Lipinski definition) is 7. The molecule has 0 saturated carbocycles. The lowest BCUT2D eigenvalue weighted by Gasteiger charge is -2.31. The topological polar surface area (TPSA) is 102 Å². The smallest absolute Gasteiger partial charge is 0.303 e. The maximum atomic E-state index is 14.2. The van der Waals surface area contributed by atoms with Crippen LogP contribution in [-0.2, 0) is 27.3 Å². The Bertz CT molecular complexity index is 1600. The van der Waals surface area contributed by atoms with Crippen molar-refractivity contribution in [2.75, 3.05) is 19.6 Å². The fourth-order valence-electron chi connectivity index (χ4n) is 5.47. The number of likely N-dealkylation sites (tertiary alicyclic amines) is 1. The molecule has 220 valence electrons. The second-order valence-electron chi connectivity index (χ2n) is 11.1. The van der Waals surface area contributed by atoms with Gasteiger partial charge >= 0.3 is 5.97 Å². The minimum atomic E-state index is -1.32. The molecule has 3 aromatic heterocycles. The average molecular weight is 577 g/mol. The third-order valence-corrected chi connectivity index (χ3v) is 7.62. The number of hydrogen-bond donors (Lipinski definition) is 1. The molecule has 1 aromatic carbocycles. The highest BCUT2D eigenvalue weighted by atomic mass is 19.2. The third-order valence-electron chi connectivity index (χ3n) is 7.62. The number of pyridine rings is 1. The SMILES string of the molecule is CC(=O)OC(C)(C)C(=O)NCCc1ncc(CN2CCC(c3cnn4ncccc34)CC2)cc1-c1ccc(F)c(F)c1. The van der Waals surface area contributed by atoms with Crippen molar-refractivity contribution in [1.82, 2.24) is 30.0 Å². The van der Waals surface area contributed by atoms with Crippen LogP contribution in [0.15, 0.2) is 55.0 Å². The van der Waals surface area contributed by atoms with E-state index >= 15 is 0 Å². The first-order chi connectivity index (χ1) is 20.1. The Labute approximate surface area is 242 Å². The fraction of sp³-hybridized carbons (Fsp3) is 0.387. The van der Waals surface area contributed by atoms with Crippen molar-refractivity contribution >= 4 is 17.4 Å². The summed E-state index contributed by atoms with van der Waals surface area (Å²) in [5.41, 5.74) is 3.71. The molecule has 1 N–H and O–H groups in total. The molecular weight excluding hydrogens is 542 g/mol. The molecule has 0 unspecified atom stereocenters. The van der Waals surface area contributed by atoms with Crippen molar-refractivity contribution in [3.05, 3.63) is 83.4 Å². The number of ether oxygens (including phenoxy) is 1. The summed E-state index contributed by atoms with van der Waals surface area (Å²) in [5, 5.41) is 11.4. The van der Waals surface area contributed by atoms with Gasteiger partial charge in [-0.2, -0.15) is 14.8 Å². The van der Waals surface area contributed by atoms with Gasteiger partial charge in [0.05, 0.1) is 11.7 Å². The number of nitrogens with zero attached hydrogens (tertiary/aromatic N) is 5. The van der Waals surface area contributed by atoms with Crippen molar-refractivity contribution in [3.63, 3.8) is 0 Å². The normalized spacial score (nSPS) is 14.7. The molecule has 9 nitrogen and oxygen atoms in total. The number of carbonyl (C=O) groups is 2. The number of fused-ring (bicyclic) bond motifs is 1. The first kappa shape index (κ1) is 29.2. The number of benzene rings is 1. The van der Waals surface area contributed by atoms with E-state index in [0.29, 0.717) is 35.7 Å². The van der Waals surface area contributed by atoms with Crippen LogP contribution in [0.25, 0.3) is 16.6 Å². The molecule has 0 aliphatic carbocycles. The number of nitrogens with one attached hydrogen (secondary N) is 1. The van der Waals surface area contributed by atoms with Gasteiger partial charge in [-0.15, -0.1) is 0 Å². The molecule has 11 heteroatoms. The van der Waals surface area contributed by atoms with Gasteiger partial charge in [0.1, 0.15) is 0 Å². The van der Waals surface area contributed by atoms with Crippen LogP contribution in [-0.4, -0.2) is 61.8 Å². The highest BCUT2D eigenvalue weighted by molar-refractivity contribution is 5.86. The number of rotatable bonds is 9. The molecule has 1 aliphatic heterocycles. The van der Waals surface area contributed by atoms with E-state index in [0.717, 1.165) is 43.1 Å². The number of piperidine rings is 1. The van der Waals surface area contributed by atoms with Crippen molar-refractivity contribution in [2.24, 2.45) is 0 Å². The molecule has 0 radical (unpaired) electrons. The molecule has 1 amide bonds. The maximum Gasteiger partial charge on any atom is 0.303 e. The Morgan fingerprint density at radius 1 is 1.07 bits per heavy atom. The summed E-state index contributed by atoms with van der Waals surface area (Å²) in [4.78, 5) is 30.9. The molecule has 1 saturated heterocycles. The summed E-state index contributed by atoms with van der Waals surface area (Å²) < 4.78 is 34.7. The molecule has 4 aromatic rings. The summed E-state index contributed by atoms with van der Waals surface area (Å²) >= 11 is 0. The van der Waals surface area contributed by atoms with E-state index in [1.165, 1.54) is 38.5 Å². The quantitative estimate of drug-likeness (QED) is 0.294. The van der Waals surface area contributed by atoms with Crippen molar-refractivity contribution in [3.8, 4) is 11.1 Å². The van der Waals surface area contributed by atoms with E-state index in [1.54, 1.807) is 17.0 Å². The Kier molecular flexibility index (Phi) is 8.58. The van der Waals surface area contributed by atoms with Crippen LogP contribution in [0, 0.1) is 11.6 Å². The molecular formula is C31H34F2N6O3.